The van der Waals surface area contributed by atoms with Crippen molar-refractivity contribution >= 4 is 5.97 Å². The number of hydrogen-bond acceptors (Lipinski definition) is 3. The van der Waals surface area contributed by atoms with Crippen molar-refractivity contribution in [1.29, 1.82) is 0 Å². The van der Waals surface area contributed by atoms with E-state index in [1.807, 2.05) is 6.07 Å². The van der Waals surface area contributed by atoms with Crippen LogP contribution in [0.25, 0.3) is 0 Å². The number of nitrogens with zero attached hydrogens (tertiary/aromatic N) is 1. The molecule has 0 spiro atoms. The lowest BCUT2D eigenvalue weighted by molar-refractivity contribution is -0.150. The third-order valence-electron chi connectivity index (χ3n) is 5.65. The fourth-order valence-corrected chi connectivity index (χ4v) is 4.19. The third-order valence-corrected chi connectivity index (χ3v) is 5.65. The Morgan fingerprint density at radius 1 is 1.04 bits per heavy atom. The van der Waals surface area contributed by atoms with Crippen LogP contribution in [0.2, 0.25) is 0 Å². The van der Waals surface area contributed by atoms with Gasteiger partial charge in [-0.25, -0.2) is 0 Å². The van der Waals surface area contributed by atoms with Gasteiger partial charge in [0.05, 0.1) is 13.0 Å². The maximum Gasteiger partial charge on any atom is 0.310 e. The van der Waals surface area contributed by atoms with E-state index in [0.29, 0.717) is 0 Å². The van der Waals surface area contributed by atoms with Gasteiger partial charge in [-0.05, 0) is 30.9 Å². The van der Waals surface area contributed by atoms with Gasteiger partial charge in [-0.2, -0.15) is 0 Å². The van der Waals surface area contributed by atoms with E-state index in [0.717, 1.165) is 25.8 Å². The van der Waals surface area contributed by atoms with Crippen molar-refractivity contribution in [2.75, 3.05) is 7.11 Å². The first kappa shape index (κ1) is 18.7. The largest absolute Gasteiger partial charge is 0.469 e. The van der Waals surface area contributed by atoms with Gasteiger partial charge in [0.15, 0.2) is 0 Å². The highest BCUT2D eigenvalue weighted by molar-refractivity contribution is 5.73. The highest BCUT2D eigenvalue weighted by Gasteiger charge is 2.37. The molecule has 1 aliphatic carbocycles. The van der Waals surface area contributed by atoms with E-state index in [2.05, 4.69) is 66.4 Å². The van der Waals surface area contributed by atoms with Gasteiger partial charge in [0.25, 0.3) is 0 Å². The van der Waals surface area contributed by atoms with Crippen LogP contribution in [0.4, 0.5) is 0 Å². The van der Waals surface area contributed by atoms with Crippen molar-refractivity contribution in [3.63, 3.8) is 0 Å². The molecule has 0 amide bonds. The average molecular weight is 351 g/mol. The van der Waals surface area contributed by atoms with Gasteiger partial charge in [-0.1, -0.05) is 73.5 Å². The van der Waals surface area contributed by atoms with Gasteiger partial charge in [0, 0.05) is 18.6 Å². The van der Waals surface area contributed by atoms with Crippen molar-refractivity contribution in [1.82, 2.24) is 4.90 Å². The number of ether oxygens (including phenoxy) is 1. The van der Waals surface area contributed by atoms with Gasteiger partial charge in [0.2, 0.25) is 0 Å². The Morgan fingerprint density at radius 2 is 1.65 bits per heavy atom. The average Bonchev–Trinajstić information content (AvgIpc) is 2.72. The first-order chi connectivity index (χ1) is 12.7. The molecule has 138 valence electrons. The number of benzene rings is 2. The van der Waals surface area contributed by atoms with Crippen LogP contribution in [-0.2, 0) is 16.1 Å². The molecule has 0 radical (unpaired) electrons. The first-order valence-corrected chi connectivity index (χ1v) is 9.63. The SMILES string of the molecule is COC(=O)[C@H]1CCCC[C@@H]1N(Cc1ccccc1)C(C)c1ccccc1. The lowest BCUT2D eigenvalue weighted by atomic mass is 9.82. The predicted molar refractivity (Wildman–Crippen MR) is 105 cm³/mol. The molecule has 0 heterocycles. The zero-order valence-corrected chi connectivity index (χ0v) is 15.8. The number of carbonyl (C=O) groups excluding carboxylic acids is 1. The van der Waals surface area contributed by atoms with Crippen LogP contribution in [0, 0.1) is 5.92 Å². The van der Waals surface area contributed by atoms with E-state index in [1.165, 1.54) is 24.7 Å². The van der Waals surface area contributed by atoms with Gasteiger partial charge in [-0.15, -0.1) is 0 Å². The summed E-state index contributed by atoms with van der Waals surface area (Å²) in [6, 6.07) is 21.6. The summed E-state index contributed by atoms with van der Waals surface area (Å²) < 4.78 is 5.14. The Labute approximate surface area is 157 Å². The van der Waals surface area contributed by atoms with Crippen molar-refractivity contribution in [2.24, 2.45) is 5.92 Å². The molecule has 2 aromatic rings. The molecule has 3 nitrogen and oxygen atoms in total. The van der Waals surface area contributed by atoms with E-state index < -0.39 is 0 Å². The molecule has 3 rings (SSSR count). The summed E-state index contributed by atoms with van der Waals surface area (Å²) in [5.41, 5.74) is 2.57. The molecule has 0 saturated heterocycles. The molecule has 0 aromatic heterocycles. The first-order valence-electron chi connectivity index (χ1n) is 9.63. The summed E-state index contributed by atoms with van der Waals surface area (Å²) in [6.07, 6.45) is 4.24. The van der Waals surface area contributed by atoms with Crippen LogP contribution >= 0.6 is 0 Å². The quantitative estimate of drug-likeness (QED) is 0.687. The number of carbonyl (C=O) groups is 1. The van der Waals surface area contributed by atoms with E-state index in [1.54, 1.807) is 0 Å². The molecule has 0 N–H and O–H groups in total. The normalized spacial score (nSPS) is 21.3. The molecule has 2 aromatic carbocycles. The third kappa shape index (κ3) is 4.34. The summed E-state index contributed by atoms with van der Waals surface area (Å²) in [5.74, 6) is -0.100. The maximum absolute atomic E-state index is 12.4. The number of methoxy groups -OCH3 is 1. The van der Waals surface area contributed by atoms with Gasteiger partial charge >= 0.3 is 5.97 Å². The van der Waals surface area contributed by atoms with Crippen LogP contribution in [0.5, 0.6) is 0 Å². The highest BCUT2D eigenvalue weighted by atomic mass is 16.5. The molecule has 1 saturated carbocycles. The fourth-order valence-electron chi connectivity index (χ4n) is 4.19. The van der Waals surface area contributed by atoms with Gasteiger partial charge in [0.1, 0.15) is 0 Å². The molecule has 1 unspecified atom stereocenters. The molecule has 0 bridgehead atoms. The number of hydrogen-bond donors (Lipinski definition) is 0. The Balaban J connectivity index is 1.91. The molecular formula is C23H29NO2. The van der Waals surface area contributed by atoms with Gasteiger partial charge in [-0.3, -0.25) is 9.69 Å². The lowest BCUT2D eigenvalue weighted by Crippen LogP contribution is -2.46. The summed E-state index contributed by atoms with van der Waals surface area (Å²) in [6.45, 7) is 3.09. The molecule has 3 atom stereocenters. The van der Waals surface area contributed by atoms with Gasteiger partial charge < -0.3 is 4.74 Å². The Bertz CT molecular complexity index is 686. The van der Waals surface area contributed by atoms with Crippen molar-refractivity contribution in [3.8, 4) is 0 Å². The highest BCUT2D eigenvalue weighted by Crippen LogP contribution is 2.35. The second-order valence-corrected chi connectivity index (χ2v) is 7.23. The number of rotatable bonds is 6. The Kier molecular flexibility index (Phi) is 6.45. The fraction of sp³-hybridized carbons (Fsp3) is 0.435. The minimum absolute atomic E-state index is 0.0383. The zero-order valence-electron chi connectivity index (χ0n) is 15.8. The van der Waals surface area contributed by atoms with Crippen LogP contribution < -0.4 is 0 Å². The topological polar surface area (TPSA) is 29.5 Å². The van der Waals surface area contributed by atoms with Crippen molar-refractivity contribution < 1.29 is 9.53 Å². The monoisotopic (exact) mass is 351 g/mol. The number of esters is 1. The minimum atomic E-state index is -0.0620. The van der Waals surface area contributed by atoms with E-state index in [4.69, 9.17) is 4.74 Å². The predicted octanol–water partition coefficient (Wildman–Crippen LogP) is 4.98. The summed E-state index contributed by atoms with van der Waals surface area (Å²) >= 11 is 0. The second kappa shape index (κ2) is 9.00. The Hall–Kier alpha value is -2.13. The van der Waals surface area contributed by atoms with Crippen LogP contribution in [0.1, 0.15) is 49.8 Å². The van der Waals surface area contributed by atoms with Crippen LogP contribution in [0.3, 0.4) is 0 Å². The lowest BCUT2D eigenvalue weighted by Gasteiger charge is -2.42. The van der Waals surface area contributed by atoms with E-state index in [9.17, 15) is 4.79 Å². The molecular weight excluding hydrogens is 322 g/mol. The van der Waals surface area contributed by atoms with Crippen molar-refractivity contribution in [3.05, 3.63) is 71.8 Å². The molecule has 3 heteroatoms. The van der Waals surface area contributed by atoms with E-state index in [-0.39, 0.29) is 24.0 Å². The minimum Gasteiger partial charge on any atom is -0.469 e. The zero-order chi connectivity index (χ0) is 18.4. The maximum atomic E-state index is 12.4. The van der Waals surface area contributed by atoms with Crippen molar-refractivity contribution in [2.45, 2.75) is 51.2 Å². The van der Waals surface area contributed by atoms with Crippen LogP contribution in [-0.4, -0.2) is 24.0 Å². The summed E-state index contributed by atoms with van der Waals surface area (Å²) in [4.78, 5) is 14.9. The second-order valence-electron chi connectivity index (χ2n) is 7.23. The van der Waals surface area contributed by atoms with Crippen LogP contribution in [0.15, 0.2) is 60.7 Å². The molecule has 26 heavy (non-hydrogen) atoms. The molecule has 1 aliphatic rings. The standard InChI is InChI=1S/C23H29NO2/c1-18(20-13-7-4-8-14-20)24(17-19-11-5-3-6-12-19)22-16-10-9-15-21(22)23(25)26-2/h3-8,11-14,18,21-22H,9-10,15-17H2,1-2H3/t18?,21-,22-/m0/s1. The smallest absolute Gasteiger partial charge is 0.310 e. The Morgan fingerprint density at radius 3 is 2.31 bits per heavy atom. The summed E-state index contributed by atoms with van der Waals surface area (Å²) in [5, 5.41) is 0. The van der Waals surface area contributed by atoms with E-state index >= 15 is 0 Å². The summed E-state index contributed by atoms with van der Waals surface area (Å²) in [7, 11) is 1.51. The molecule has 0 aliphatic heterocycles. The molecule has 1 fully saturated rings.